The lowest BCUT2D eigenvalue weighted by molar-refractivity contribution is 0.0949. The fourth-order valence-electron chi connectivity index (χ4n) is 5.55. The molecule has 1 atom stereocenters. The number of carbonyl (C=O) groups is 1. The second kappa shape index (κ2) is 11.1. The van der Waals surface area contributed by atoms with Gasteiger partial charge in [0.1, 0.15) is 0 Å². The quantitative estimate of drug-likeness (QED) is 0.528. The van der Waals surface area contributed by atoms with Crippen LogP contribution in [0.1, 0.15) is 54.2 Å². The Hall–Kier alpha value is -3.76. The van der Waals surface area contributed by atoms with Crippen LogP contribution in [0.5, 0.6) is 0 Å². The Morgan fingerprint density at radius 2 is 2.16 bits per heavy atom. The predicted molar refractivity (Wildman–Crippen MR) is 151 cm³/mol. The van der Waals surface area contributed by atoms with Crippen LogP contribution in [0, 0.1) is 11.8 Å². The van der Waals surface area contributed by atoms with Crippen LogP contribution >= 0.6 is 0 Å². The lowest BCUT2D eigenvalue weighted by Crippen LogP contribution is -2.44. The summed E-state index contributed by atoms with van der Waals surface area (Å²) in [7, 11) is 1.80. The number of benzene rings is 1. The van der Waals surface area contributed by atoms with Crippen molar-refractivity contribution < 1.29 is 4.79 Å². The van der Waals surface area contributed by atoms with Crippen LogP contribution in [-0.4, -0.2) is 48.2 Å². The summed E-state index contributed by atoms with van der Waals surface area (Å²) in [6, 6.07) is 8.64. The van der Waals surface area contributed by atoms with Crippen molar-refractivity contribution in [2.24, 2.45) is 5.73 Å². The van der Waals surface area contributed by atoms with Crippen molar-refractivity contribution in [3.63, 3.8) is 0 Å². The number of amides is 1. The number of nitrogens with zero attached hydrogens (tertiary/aromatic N) is 3. The molecule has 37 heavy (non-hydrogen) atoms. The maximum Gasteiger partial charge on any atom is 0.272 e. The average molecular weight is 497 g/mol. The van der Waals surface area contributed by atoms with Gasteiger partial charge in [0.05, 0.1) is 6.54 Å². The first-order valence-electron chi connectivity index (χ1n) is 13.2. The molecule has 0 spiro atoms. The summed E-state index contributed by atoms with van der Waals surface area (Å²) in [5, 5.41) is 6.35. The average Bonchev–Trinajstić information content (AvgIpc) is 3.21. The van der Waals surface area contributed by atoms with Crippen LogP contribution in [0.3, 0.4) is 0 Å². The smallest absolute Gasteiger partial charge is 0.272 e. The highest BCUT2D eigenvalue weighted by Gasteiger charge is 2.28. The molecule has 0 bridgehead atoms. The molecule has 7 heteroatoms. The van der Waals surface area contributed by atoms with Crippen LogP contribution in [0.2, 0.25) is 0 Å². The molecule has 1 unspecified atom stereocenters. The van der Waals surface area contributed by atoms with E-state index in [1.165, 1.54) is 22.3 Å². The third-order valence-corrected chi connectivity index (χ3v) is 7.41. The third kappa shape index (κ3) is 5.21. The van der Waals surface area contributed by atoms with Crippen LogP contribution in [0.25, 0.3) is 6.08 Å². The first-order valence-corrected chi connectivity index (χ1v) is 13.2. The molecular formula is C30H36N6O. The van der Waals surface area contributed by atoms with Crippen molar-refractivity contribution >= 4 is 23.7 Å². The van der Waals surface area contributed by atoms with Gasteiger partial charge in [0.15, 0.2) is 11.5 Å². The predicted octanol–water partition coefficient (Wildman–Crippen LogP) is 3.89. The summed E-state index contributed by atoms with van der Waals surface area (Å²) in [6.45, 7) is 4.23. The van der Waals surface area contributed by atoms with Gasteiger partial charge in [-0.15, -0.1) is 5.92 Å². The molecule has 5 rings (SSSR count). The summed E-state index contributed by atoms with van der Waals surface area (Å²) in [6.07, 6.45) is 11.8. The molecule has 192 valence electrons. The van der Waals surface area contributed by atoms with Crippen molar-refractivity contribution in [1.29, 1.82) is 0 Å². The van der Waals surface area contributed by atoms with Crippen molar-refractivity contribution in [2.75, 3.05) is 36.9 Å². The number of nitrogens with two attached hydrogens (primary N) is 1. The zero-order valence-electron chi connectivity index (χ0n) is 21.8. The normalized spacial score (nSPS) is 18.7. The van der Waals surface area contributed by atoms with E-state index in [0.717, 1.165) is 56.7 Å². The van der Waals surface area contributed by atoms with Crippen LogP contribution in [0.4, 0.5) is 11.8 Å². The maximum absolute atomic E-state index is 13.7. The first-order chi connectivity index (χ1) is 18.1. The Morgan fingerprint density at radius 1 is 1.30 bits per heavy atom. The molecule has 1 aromatic carbocycles. The SMILES string of the molecule is CC#CCn1c(N2CCCC(N)C2)nc(NC)c1C(=O)NCC1=Cc2ccccc2CC2=C1C=CCC2. The second-order valence-electron chi connectivity index (χ2n) is 9.91. The van der Waals surface area contributed by atoms with Crippen molar-refractivity contribution in [1.82, 2.24) is 14.9 Å². The summed E-state index contributed by atoms with van der Waals surface area (Å²) in [4.78, 5) is 20.7. The van der Waals surface area contributed by atoms with E-state index in [4.69, 9.17) is 10.7 Å². The largest absolute Gasteiger partial charge is 0.371 e. The fraction of sp³-hybridized carbons (Fsp3) is 0.400. The molecule has 1 saturated heterocycles. The van der Waals surface area contributed by atoms with Gasteiger partial charge in [-0.05, 0) is 67.4 Å². The number of anilines is 2. The Kier molecular flexibility index (Phi) is 7.47. The molecule has 2 aliphatic carbocycles. The summed E-state index contributed by atoms with van der Waals surface area (Å²) >= 11 is 0. The summed E-state index contributed by atoms with van der Waals surface area (Å²) < 4.78 is 1.93. The van der Waals surface area contributed by atoms with E-state index in [2.05, 4.69) is 69.9 Å². The minimum absolute atomic E-state index is 0.0996. The van der Waals surface area contributed by atoms with E-state index in [1.54, 1.807) is 7.05 Å². The van der Waals surface area contributed by atoms with Crippen molar-refractivity contribution in [3.05, 3.63) is 70.0 Å². The molecule has 7 nitrogen and oxygen atoms in total. The molecule has 3 aliphatic rings. The molecule has 0 saturated carbocycles. The molecule has 4 N–H and O–H groups in total. The number of fused-ring (bicyclic) bond motifs is 1. The molecule has 1 aromatic heterocycles. The topological polar surface area (TPSA) is 88.2 Å². The van der Waals surface area contributed by atoms with E-state index in [1.807, 2.05) is 11.5 Å². The number of allylic oxidation sites excluding steroid dienone is 3. The minimum atomic E-state index is -0.164. The standard InChI is InChI=1S/C30H36N6O/c1-3-4-16-36-27(28(32-2)34-30(36)35-15-9-13-25(31)20-35)29(37)33-19-24-18-22-11-6-5-10-21(22)17-23-12-7-8-14-26(23)24/h5-6,8,10-11,14,18,25,32H,7,9,12-13,15-17,19-20,31H2,1-2H3,(H,33,37). The van der Waals surface area contributed by atoms with Crippen LogP contribution in [0.15, 0.2) is 53.1 Å². The maximum atomic E-state index is 13.7. The number of hydrogen-bond donors (Lipinski definition) is 3. The number of hydrogen-bond acceptors (Lipinski definition) is 5. The molecule has 2 heterocycles. The minimum Gasteiger partial charge on any atom is -0.371 e. The lowest BCUT2D eigenvalue weighted by Gasteiger charge is -2.31. The molecule has 1 amide bonds. The van der Waals surface area contributed by atoms with Crippen LogP contribution < -0.4 is 21.3 Å². The van der Waals surface area contributed by atoms with E-state index in [-0.39, 0.29) is 11.9 Å². The zero-order chi connectivity index (χ0) is 25.8. The van der Waals surface area contributed by atoms with Crippen molar-refractivity contribution in [3.8, 4) is 11.8 Å². The monoisotopic (exact) mass is 496 g/mol. The van der Waals surface area contributed by atoms with Crippen molar-refractivity contribution in [2.45, 2.75) is 51.6 Å². The Labute approximate surface area is 219 Å². The van der Waals surface area contributed by atoms with Gasteiger partial charge in [0, 0.05) is 32.7 Å². The molecule has 0 radical (unpaired) electrons. The number of piperidine rings is 1. The zero-order valence-corrected chi connectivity index (χ0v) is 21.8. The van der Waals surface area contributed by atoms with Gasteiger partial charge in [-0.25, -0.2) is 0 Å². The summed E-state index contributed by atoms with van der Waals surface area (Å²) in [5.41, 5.74) is 13.2. The Bertz CT molecular complexity index is 1340. The number of nitrogens with one attached hydrogen (secondary N) is 2. The van der Waals surface area contributed by atoms with E-state index < -0.39 is 0 Å². The van der Waals surface area contributed by atoms with Gasteiger partial charge >= 0.3 is 0 Å². The van der Waals surface area contributed by atoms with Gasteiger partial charge in [-0.3, -0.25) is 9.36 Å². The summed E-state index contributed by atoms with van der Waals surface area (Å²) in [5.74, 6) is 7.23. The highest BCUT2D eigenvalue weighted by atomic mass is 16.2. The van der Waals surface area contributed by atoms with Gasteiger partial charge in [0.2, 0.25) is 5.95 Å². The Morgan fingerprint density at radius 3 is 2.97 bits per heavy atom. The molecule has 1 aliphatic heterocycles. The molecule has 1 fully saturated rings. The number of imidazole rings is 1. The van der Waals surface area contributed by atoms with Gasteiger partial charge in [-0.2, -0.15) is 4.98 Å². The van der Waals surface area contributed by atoms with E-state index in [0.29, 0.717) is 24.6 Å². The first kappa shape index (κ1) is 24.9. The van der Waals surface area contributed by atoms with Crippen LogP contribution in [-0.2, 0) is 13.0 Å². The molecular weight excluding hydrogens is 460 g/mol. The van der Waals surface area contributed by atoms with Gasteiger partial charge < -0.3 is 21.3 Å². The fourth-order valence-corrected chi connectivity index (χ4v) is 5.55. The highest BCUT2D eigenvalue weighted by Crippen LogP contribution is 2.33. The lowest BCUT2D eigenvalue weighted by atomic mass is 9.90. The number of rotatable bonds is 6. The van der Waals surface area contributed by atoms with Gasteiger partial charge in [-0.1, -0.05) is 47.9 Å². The van der Waals surface area contributed by atoms with E-state index >= 15 is 0 Å². The number of carbonyl (C=O) groups excluding carboxylic acids is 1. The number of aromatic nitrogens is 2. The molecule has 2 aromatic rings. The van der Waals surface area contributed by atoms with Gasteiger partial charge in [0.25, 0.3) is 5.91 Å². The Balaban J connectivity index is 1.46. The third-order valence-electron chi connectivity index (χ3n) is 7.41. The highest BCUT2D eigenvalue weighted by molar-refractivity contribution is 5.98. The second-order valence-corrected chi connectivity index (χ2v) is 9.91. The van der Waals surface area contributed by atoms with E-state index in [9.17, 15) is 4.79 Å².